The van der Waals surface area contributed by atoms with Gasteiger partial charge in [-0.2, -0.15) is 26.3 Å². The standard InChI is InChI=1S/C33H30F7NO5S/c34-31(32(35,36)37,33(38,39)40)26-14-12-25(13-15-26)30(18-19-41(20-30)28(42)23-6-8-24(9-7-23)29(43)44)47(45,46)27-16-10-22(11-17-27)21-4-2-1-3-5-21/h1-5,10-17,23-24H,6-9,18-20H2,(H,43,44). The van der Waals surface area contributed by atoms with E-state index in [1.165, 1.54) is 17.0 Å². The Morgan fingerprint density at radius 1 is 0.723 bits per heavy atom. The normalized spacial score (nSPS) is 22.7. The topological polar surface area (TPSA) is 91.8 Å². The fourth-order valence-corrected chi connectivity index (χ4v) is 8.68. The van der Waals surface area contributed by atoms with Gasteiger partial charge in [0.05, 0.1) is 10.8 Å². The van der Waals surface area contributed by atoms with Crippen molar-refractivity contribution in [3.63, 3.8) is 0 Å². The maximum Gasteiger partial charge on any atom is 0.435 e. The van der Waals surface area contributed by atoms with E-state index in [4.69, 9.17) is 0 Å². The molecule has 2 fully saturated rings. The molecule has 0 aromatic heterocycles. The number of aliphatic carboxylic acids is 1. The number of benzene rings is 3. The van der Waals surface area contributed by atoms with Gasteiger partial charge in [-0.15, -0.1) is 0 Å². The second-order valence-corrected chi connectivity index (χ2v) is 14.3. The van der Waals surface area contributed by atoms with Gasteiger partial charge in [0, 0.05) is 24.6 Å². The predicted molar refractivity (Wildman–Crippen MR) is 156 cm³/mol. The van der Waals surface area contributed by atoms with Crippen molar-refractivity contribution in [2.75, 3.05) is 13.1 Å². The number of carboxylic acid groups (broad SMARTS) is 1. The number of rotatable bonds is 7. The molecule has 2 aliphatic rings. The van der Waals surface area contributed by atoms with E-state index in [9.17, 15) is 53.8 Å². The Morgan fingerprint density at radius 3 is 1.74 bits per heavy atom. The van der Waals surface area contributed by atoms with Gasteiger partial charge in [0.2, 0.25) is 5.91 Å². The number of likely N-dealkylation sites (tertiary alicyclic amines) is 1. The molecule has 3 aromatic carbocycles. The zero-order valence-electron chi connectivity index (χ0n) is 24.7. The summed E-state index contributed by atoms with van der Waals surface area (Å²) in [5.74, 6) is -2.58. The summed E-state index contributed by atoms with van der Waals surface area (Å²) in [4.78, 5) is 26.0. The van der Waals surface area contributed by atoms with E-state index in [1.54, 1.807) is 30.3 Å². The highest BCUT2D eigenvalue weighted by Gasteiger charge is 2.73. The minimum Gasteiger partial charge on any atom is -0.481 e. The van der Waals surface area contributed by atoms with E-state index in [0.717, 1.165) is 17.7 Å². The number of carbonyl (C=O) groups excluding carboxylic acids is 1. The first-order chi connectivity index (χ1) is 21.9. The van der Waals surface area contributed by atoms with Crippen LogP contribution in [0.3, 0.4) is 0 Å². The highest BCUT2D eigenvalue weighted by Crippen LogP contribution is 2.54. The van der Waals surface area contributed by atoms with Gasteiger partial charge in [-0.3, -0.25) is 9.59 Å². The Kier molecular flexibility index (Phi) is 8.97. The van der Waals surface area contributed by atoms with Gasteiger partial charge in [0.15, 0.2) is 9.84 Å². The summed E-state index contributed by atoms with van der Waals surface area (Å²) in [6, 6.07) is 16.8. The second kappa shape index (κ2) is 12.3. The maximum atomic E-state index is 14.8. The molecule has 1 aliphatic heterocycles. The second-order valence-electron chi connectivity index (χ2n) is 12.0. The fourth-order valence-electron chi connectivity index (χ4n) is 6.60. The molecule has 1 saturated carbocycles. The number of sulfone groups is 1. The van der Waals surface area contributed by atoms with Crippen LogP contribution in [0.1, 0.15) is 43.2 Å². The Hall–Kier alpha value is -3.94. The van der Waals surface area contributed by atoms with Crippen LogP contribution >= 0.6 is 0 Å². The van der Waals surface area contributed by atoms with Crippen LogP contribution in [0.4, 0.5) is 30.7 Å². The third-order valence-electron chi connectivity index (χ3n) is 9.35. The highest BCUT2D eigenvalue weighted by atomic mass is 32.2. The molecule has 252 valence electrons. The molecule has 0 spiro atoms. The molecule has 0 radical (unpaired) electrons. The number of carbonyl (C=O) groups is 2. The summed E-state index contributed by atoms with van der Waals surface area (Å²) in [6.07, 6.45) is -11.9. The monoisotopic (exact) mass is 685 g/mol. The molecule has 14 heteroatoms. The van der Waals surface area contributed by atoms with Crippen molar-refractivity contribution in [1.82, 2.24) is 4.90 Å². The highest BCUT2D eigenvalue weighted by molar-refractivity contribution is 7.92. The number of amides is 1. The van der Waals surface area contributed by atoms with Crippen molar-refractivity contribution in [2.24, 2.45) is 11.8 Å². The summed E-state index contributed by atoms with van der Waals surface area (Å²) >= 11 is 0. The van der Waals surface area contributed by atoms with Crippen LogP contribution in [0.15, 0.2) is 83.8 Å². The molecule has 1 atom stereocenters. The molecule has 3 aromatic rings. The molecule has 1 unspecified atom stereocenters. The predicted octanol–water partition coefficient (Wildman–Crippen LogP) is 7.44. The van der Waals surface area contributed by atoms with E-state index in [2.05, 4.69) is 0 Å². The van der Waals surface area contributed by atoms with Crippen LogP contribution in [0.2, 0.25) is 0 Å². The number of nitrogens with zero attached hydrogens (tertiary/aromatic N) is 1. The molecule has 6 nitrogen and oxygen atoms in total. The van der Waals surface area contributed by atoms with Gasteiger partial charge in [0.25, 0.3) is 0 Å². The first kappa shape index (κ1) is 34.4. The number of halogens is 7. The average molecular weight is 686 g/mol. The van der Waals surface area contributed by atoms with E-state index in [1.807, 2.05) is 12.1 Å². The summed E-state index contributed by atoms with van der Waals surface area (Å²) in [5, 5.41) is 9.30. The Balaban J connectivity index is 1.54. The van der Waals surface area contributed by atoms with Crippen molar-refractivity contribution >= 4 is 21.7 Å². The Morgan fingerprint density at radius 2 is 1.23 bits per heavy atom. The smallest absolute Gasteiger partial charge is 0.435 e. The van der Waals surface area contributed by atoms with Crippen molar-refractivity contribution in [2.45, 2.75) is 59.8 Å². The lowest BCUT2D eigenvalue weighted by molar-refractivity contribution is -0.348. The summed E-state index contributed by atoms with van der Waals surface area (Å²) in [5.41, 5.74) is -6.19. The molecule has 5 rings (SSSR count). The summed E-state index contributed by atoms with van der Waals surface area (Å²) < 4.78 is 122. The zero-order chi connectivity index (χ0) is 34.4. The summed E-state index contributed by atoms with van der Waals surface area (Å²) in [7, 11) is -4.48. The lowest BCUT2D eigenvalue weighted by atomic mass is 9.81. The quantitative estimate of drug-likeness (QED) is 0.261. The SMILES string of the molecule is O=C(O)C1CCC(C(=O)N2CCC(c3ccc(C(F)(C(F)(F)F)C(F)(F)F)cc3)(S(=O)(=O)c3ccc(-c4ccccc4)cc3)C2)CC1. The Bertz CT molecular complexity index is 1700. The molecular weight excluding hydrogens is 655 g/mol. The number of hydrogen-bond donors (Lipinski definition) is 1. The van der Waals surface area contributed by atoms with Crippen LogP contribution in [0, 0.1) is 11.8 Å². The van der Waals surface area contributed by atoms with E-state index in [0.29, 0.717) is 5.56 Å². The zero-order valence-corrected chi connectivity index (χ0v) is 25.5. The average Bonchev–Trinajstić information content (AvgIpc) is 3.51. The minimum absolute atomic E-state index is 0.0983. The van der Waals surface area contributed by atoms with Gasteiger partial charge >= 0.3 is 24.0 Å². The molecule has 1 N–H and O–H groups in total. The third kappa shape index (κ3) is 6.00. The van der Waals surface area contributed by atoms with Gasteiger partial charge in [0.1, 0.15) is 4.75 Å². The van der Waals surface area contributed by atoms with Gasteiger partial charge < -0.3 is 10.0 Å². The van der Waals surface area contributed by atoms with E-state index in [-0.39, 0.29) is 61.2 Å². The fraction of sp³-hybridized carbons (Fsp3) is 0.394. The van der Waals surface area contributed by atoms with Crippen molar-refractivity contribution in [3.8, 4) is 11.1 Å². The molecular formula is C33H30F7NO5S. The summed E-state index contributed by atoms with van der Waals surface area (Å²) in [6.45, 7) is -0.564. The van der Waals surface area contributed by atoms with Crippen molar-refractivity contribution in [1.29, 1.82) is 0 Å². The van der Waals surface area contributed by atoms with E-state index >= 15 is 0 Å². The maximum absolute atomic E-state index is 14.8. The largest absolute Gasteiger partial charge is 0.481 e. The van der Waals surface area contributed by atoms with E-state index < -0.39 is 68.4 Å². The molecule has 1 heterocycles. The number of carboxylic acids is 1. The lowest BCUT2D eigenvalue weighted by Crippen LogP contribution is -2.50. The van der Waals surface area contributed by atoms with Crippen LogP contribution in [-0.4, -0.2) is 55.7 Å². The molecule has 47 heavy (non-hydrogen) atoms. The first-order valence-electron chi connectivity index (χ1n) is 14.8. The third-order valence-corrected chi connectivity index (χ3v) is 11.8. The molecule has 1 saturated heterocycles. The first-order valence-corrected chi connectivity index (χ1v) is 16.3. The van der Waals surface area contributed by atoms with Crippen LogP contribution < -0.4 is 0 Å². The lowest BCUT2D eigenvalue weighted by Gasteiger charge is -2.33. The van der Waals surface area contributed by atoms with Gasteiger partial charge in [-0.05, 0) is 60.9 Å². The van der Waals surface area contributed by atoms with Crippen molar-refractivity contribution in [3.05, 3.63) is 90.0 Å². The van der Waals surface area contributed by atoms with Crippen LogP contribution in [-0.2, 0) is 29.8 Å². The molecule has 1 aliphatic carbocycles. The van der Waals surface area contributed by atoms with Gasteiger partial charge in [-0.25, -0.2) is 12.8 Å². The number of alkyl halides is 7. The number of hydrogen-bond acceptors (Lipinski definition) is 4. The molecule has 1 amide bonds. The van der Waals surface area contributed by atoms with Crippen LogP contribution in [0.25, 0.3) is 11.1 Å². The molecule has 0 bridgehead atoms. The Labute approximate surface area is 266 Å². The van der Waals surface area contributed by atoms with Gasteiger partial charge in [-0.1, -0.05) is 66.7 Å². The van der Waals surface area contributed by atoms with Crippen LogP contribution in [0.5, 0.6) is 0 Å². The van der Waals surface area contributed by atoms with Crippen molar-refractivity contribution < 1.29 is 53.8 Å². The minimum atomic E-state index is -6.35.